The lowest BCUT2D eigenvalue weighted by molar-refractivity contribution is -0.384. The molecule has 2 aliphatic rings. The maximum atomic E-state index is 12.4. The van der Waals surface area contributed by atoms with Crippen molar-refractivity contribution in [1.29, 1.82) is 5.26 Å². The molecular formula is C14H10F3N3O3. The lowest BCUT2D eigenvalue weighted by atomic mass is 9.91. The number of alkyl halides is 3. The van der Waals surface area contributed by atoms with Gasteiger partial charge in [0.05, 0.1) is 16.4 Å². The normalized spacial score (nSPS) is 28.9. The number of halogens is 3. The van der Waals surface area contributed by atoms with Gasteiger partial charge in [-0.15, -0.1) is 0 Å². The number of carbonyl (C=O) groups is 1. The number of nitro benzene ring substituents is 1. The van der Waals surface area contributed by atoms with Crippen molar-refractivity contribution in [2.45, 2.75) is 11.6 Å². The Hall–Kier alpha value is -2.63. The Labute approximate surface area is 128 Å². The third-order valence-corrected chi connectivity index (χ3v) is 4.65. The summed E-state index contributed by atoms with van der Waals surface area (Å²) in [5, 5.41) is 20.1. The maximum absolute atomic E-state index is 12.4. The van der Waals surface area contributed by atoms with E-state index < -0.39 is 22.4 Å². The molecule has 23 heavy (non-hydrogen) atoms. The molecule has 6 nitrogen and oxygen atoms in total. The van der Waals surface area contributed by atoms with E-state index in [0.717, 1.165) is 4.90 Å². The highest BCUT2D eigenvalue weighted by Crippen LogP contribution is 2.63. The Bertz CT molecular complexity index is 712. The van der Waals surface area contributed by atoms with E-state index in [2.05, 4.69) is 6.07 Å². The summed E-state index contributed by atoms with van der Waals surface area (Å²) in [6.07, 6.45) is -4.92. The predicted octanol–water partition coefficient (Wildman–Crippen LogP) is 2.01. The lowest BCUT2D eigenvalue weighted by Gasteiger charge is -2.23. The molecule has 1 aromatic rings. The van der Waals surface area contributed by atoms with E-state index >= 15 is 0 Å². The van der Waals surface area contributed by atoms with Crippen molar-refractivity contribution in [2.24, 2.45) is 11.8 Å². The van der Waals surface area contributed by atoms with E-state index in [1.165, 1.54) is 24.3 Å². The highest BCUT2D eigenvalue weighted by Gasteiger charge is 2.71. The molecule has 0 N–H and O–H groups in total. The molecule has 0 unspecified atom stereocenters. The van der Waals surface area contributed by atoms with Crippen LogP contribution in [-0.4, -0.2) is 35.0 Å². The summed E-state index contributed by atoms with van der Waals surface area (Å²) in [4.78, 5) is 22.0. The molecule has 0 bridgehead atoms. The first kappa shape index (κ1) is 15.3. The van der Waals surface area contributed by atoms with Crippen LogP contribution in [0.2, 0.25) is 0 Å². The van der Waals surface area contributed by atoms with Crippen LogP contribution < -0.4 is 0 Å². The van der Waals surface area contributed by atoms with Crippen LogP contribution in [0.5, 0.6) is 0 Å². The average molecular weight is 325 g/mol. The molecule has 9 heteroatoms. The fourth-order valence-electron chi connectivity index (χ4n) is 3.49. The van der Waals surface area contributed by atoms with Gasteiger partial charge < -0.3 is 4.90 Å². The first-order chi connectivity index (χ1) is 10.7. The molecule has 1 amide bonds. The molecule has 3 atom stereocenters. The van der Waals surface area contributed by atoms with Crippen LogP contribution in [0.4, 0.5) is 18.9 Å². The van der Waals surface area contributed by atoms with Crippen molar-refractivity contribution in [1.82, 2.24) is 4.90 Å². The molecule has 1 heterocycles. The van der Waals surface area contributed by atoms with E-state index in [4.69, 9.17) is 0 Å². The fraction of sp³-hybridized carbons (Fsp3) is 0.429. The molecule has 1 saturated heterocycles. The second kappa shape index (κ2) is 4.68. The smallest absolute Gasteiger partial charge is 0.334 e. The molecular weight excluding hydrogens is 315 g/mol. The Morgan fingerprint density at radius 1 is 1.30 bits per heavy atom. The van der Waals surface area contributed by atoms with Crippen LogP contribution in [0.3, 0.4) is 0 Å². The van der Waals surface area contributed by atoms with Crippen molar-refractivity contribution in [3.05, 3.63) is 39.9 Å². The number of nitrogens with zero attached hydrogens (tertiary/aromatic N) is 3. The number of non-ortho nitro benzene ring substituents is 1. The first-order valence-corrected chi connectivity index (χ1v) is 6.74. The number of hydrogen-bond donors (Lipinski definition) is 0. The van der Waals surface area contributed by atoms with Crippen LogP contribution in [0.1, 0.15) is 5.56 Å². The summed E-state index contributed by atoms with van der Waals surface area (Å²) < 4.78 is 37.3. The van der Waals surface area contributed by atoms with Crippen LogP contribution in [-0.2, 0) is 10.2 Å². The second-order valence-electron chi connectivity index (χ2n) is 5.71. The van der Waals surface area contributed by atoms with Gasteiger partial charge in [0, 0.05) is 37.1 Å². The number of likely N-dealkylation sites (tertiary alicyclic amines) is 1. The van der Waals surface area contributed by atoms with Gasteiger partial charge in [-0.2, -0.15) is 18.4 Å². The highest BCUT2D eigenvalue weighted by atomic mass is 19.4. The van der Waals surface area contributed by atoms with Gasteiger partial charge >= 0.3 is 12.1 Å². The molecule has 0 spiro atoms. The molecule has 120 valence electrons. The van der Waals surface area contributed by atoms with Gasteiger partial charge in [0.2, 0.25) is 0 Å². The molecule has 1 aromatic carbocycles. The van der Waals surface area contributed by atoms with Gasteiger partial charge in [0.15, 0.2) is 0 Å². The van der Waals surface area contributed by atoms with Gasteiger partial charge in [-0.25, -0.2) is 0 Å². The summed E-state index contributed by atoms with van der Waals surface area (Å²) >= 11 is 0. The van der Waals surface area contributed by atoms with Crippen molar-refractivity contribution in [2.75, 3.05) is 13.1 Å². The van der Waals surface area contributed by atoms with E-state index in [1.54, 1.807) is 0 Å². The van der Waals surface area contributed by atoms with Gasteiger partial charge in [-0.3, -0.25) is 14.9 Å². The Morgan fingerprint density at radius 2 is 1.83 bits per heavy atom. The third kappa shape index (κ3) is 2.13. The Balaban J connectivity index is 1.79. The zero-order chi connectivity index (χ0) is 17.0. The van der Waals surface area contributed by atoms with E-state index in [9.17, 15) is 33.3 Å². The molecule has 1 aliphatic heterocycles. The monoisotopic (exact) mass is 325 g/mol. The molecule has 0 radical (unpaired) electrons. The summed E-state index contributed by atoms with van der Waals surface area (Å²) in [5.41, 5.74) is -0.543. The lowest BCUT2D eigenvalue weighted by Crippen LogP contribution is -2.42. The standard InChI is InChI=1S/C14H10F3N3O3/c15-14(16,17)12(21)19-5-10-11(6-19)13(10,7-18)8-1-3-9(4-2-8)20(22)23/h1-4,10-11H,5-6H2/t10-,11+,13-. The minimum atomic E-state index is -4.92. The number of benzene rings is 1. The molecule has 3 rings (SSSR count). The fourth-order valence-corrected chi connectivity index (χ4v) is 3.49. The van der Waals surface area contributed by atoms with E-state index in [-0.39, 0.29) is 30.6 Å². The third-order valence-electron chi connectivity index (χ3n) is 4.65. The number of amides is 1. The van der Waals surface area contributed by atoms with Crippen LogP contribution in [0.15, 0.2) is 24.3 Å². The van der Waals surface area contributed by atoms with Crippen LogP contribution in [0, 0.1) is 33.3 Å². The average Bonchev–Trinajstić information content (AvgIpc) is 2.88. The largest absolute Gasteiger partial charge is 0.471 e. The summed E-state index contributed by atoms with van der Waals surface area (Å²) in [7, 11) is 0. The number of fused-ring (bicyclic) bond motifs is 1. The van der Waals surface area contributed by atoms with Crippen LogP contribution in [0.25, 0.3) is 0 Å². The zero-order valence-electron chi connectivity index (χ0n) is 11.6. The first-order valence-electron chi connectivity index (χ1n) is 6.74. The van der Waals surface area contributed by atoms with Gasteiger partial charge in [0.1, 0.15) is 0 Å². The summed E-state index contributed by atoms with van der Waals surface area (Å²) in [6, 6.07) is 7.57. The summed E-state index contributed by atoms with van der Waals surface area (Å²) in [6.45, 7) is -0.263. The predicted molar refractivity (Wildman–Crippen MR) is 70.0 cm³/mol. The quantitative estimate of drug-likeness (QED) is 0.615. The van der Waals surface area contributed by atoms with E-state index in [1.807, 2.05) is 0 Å². The summed E-state index contributed by atoms with van der Waals surface area (Å²) in [5.74, 6) is -2.64. The number of nitro groups is 1. The molecule has 1 aliphatic carbocycles. The van der Waals surface area contributed by atoms with Crippen molar-refractivity contribution in [3.63, 3.8) is 0 Å². The Kier molecular flexibility index (Phi) is 3.11. The number of piperidine rings is 1. The maximum Gasteiger partial charge on any atom is 0.471 e. The molecule has 2 fully saturated rings. The number of hydrogen-bond acceptors (Lipinski definition) is 4. The van der Waals surface area contributed by atoms with Crippen molar-refractivity contribution >= 4 is 11.6 Å². The number of nitriles is 1. The van der Waals surface area contributed by atoms with E-state index in [0.29, 0.717) is 5.56 Å². The minimum Gasteiger partial charge on any atom is -0.334 e. The topological polar surface area (TPSA) is 87.2 Å². The van der Waals surface area contributed by atoms with Gasteiger partial charge in [-0.1, -0.05) is 12.1 Å². The Morgan fingerprint density at radius 3 is 2.22 bits per heavy atom. The second-order valence-corrected chi connectivity index (χ2v) is 5.71. The van der Waals surface area contributed by atoms with Crippen molar-refractivity contribution < 1.29 is 22.9 Å². The molecule has 1 saturated carbocycles. The number of rotatable bonds is 2. The number of carbonyl (C=O) groups excluding carboxylic acids is 1. The molecule has 0 aromatic heterocycles. The SMILES string of the molecule is N#C[C@@]1(c2ccc([N+](=O)[O-])cc2)[C@@H]2CN(C(=O)C(F)(F)F)C[C@@H]21. The minimum absolute atomic E-state index is 0.124. The van der Waals surface area contributed by atoms with Gasteiger partial charge in [0.25, 0.3) is 5.69 Å². The van der Waals surface area contributed by atoms with Crippen molar-refractivity contribution in [3.8, 4) is 6.07 Å². The highest BCUT2D eigenvalue weighted by molar-refractivity contribution is 5.82. The van der Waals surface area contributed by atoms with Crippen LogP contribution >= 0.6 is 0 Å². The zero-order valence-corrected chi connectivity index (χ0v) is 11.6. The van der Waals surface area contributed by atoms with Gasteiger partial charge in [-0.05, 0) is 5.56 Å².